The number of halogens is 1. The number of hydrogen-bond donors (Lipinski definition) is 2. The van der Waals surface area contributed by atoms with Gasteiger partial charge in [-0.05, 0) is 86.1 Å². The molecule has 1 aliphatic heterocycles. The standard InChI is InChI=1S/C30H28ClN3O6S/c1-4-39-25-13-20(8-12-24(25)40-17-28(36)32-21-9-5-18(2)6-10-21)14-26-29(37)34(30(38)41-26)16-27(35)33-22-11-7-19(3)23(31)15-22/h5-15H,4,16-17H2,1-3H3,(H,32,36)(H,33,35)/b26-14-. The second-order valence-electron chi connectivity index (χ2n) is 9.12. The number of nitrogens with one attached hydrogen (secondary N) is 2. The van der Waals surface area contributed by atoms with Crippen LogP contribution in [0.3, 0.4) is 0 Å². The number of hydrogen-bond acceptors (Lipinski definition) is 7. The topological polar surface area (TPSA) is 114 Å². The van der Waals surface area contributed by atoms with Gasteiger partial charge in [0, 0.05) is 16.4 Å². The number of carbonyl (C=O) groups is 4. The molecule has 0 aromatic heterocycles. The number of ether oxygens (including phenoxy) is 2. The highest BCUT2D eigenvalue weighted by atomic mass is 35.5. The Morgan fingerprint density at radius 1 is 0.902 bits per heavy atom. The molecule has 1 heterocycles. The Hall–Kier alpha value is -4.28. The van der Waals surface area contributed by atoms with Gasteiger partial charge >= 0.3 is 0 Å². The zero-order valence-corrected chi connectivity index (χ0v) is 24.2. The number of aryl methyl sites for hydroxylation is 2. The molecule has 2 N–H and O–H groups in total. The molecule has 9 nitrogen and oxygen atoms in total. The lowest BCUT2D eigenvalue weighted by Gasteiger charge is -2.13. The van der Waals surface area contributed by atoms with E-state index < -0.39 is 23.6 Å². The van der Waals surface area contributed by atoms with E-state index in [1.807, 2.05) is 45.0 Å². The van der Waals surface area contributed by atoms with E-state index >= 15 is 0 Å². The van der Waals surface area contributed by atoms with E-state index in [-0.39, 0.29) is 17.4 Å². The molecule has 0 spiro atoms. The first-order valence-corrected chi connectivity index (χ1v) is 13.9. The van der Waals surface area contributed by atoms with Gasteiger partial charge in [0.2, 0.25) is 5.91 Å². The highest BCUT2D eigenvalue weighted by molar-refractivity contribution is 8.18. The molecule has 0 atom stereocenters. The first-order valence-electron chi connectivity index (χ1n) is 12.7. The van der Waals surface area contributed by atoms with Crippen LogP contribution >= 0.6 is 23.4 Å². The minimum Gasteiger partial charge on any atom is -0.490 e. The van der Waals surface area contributed by atoms with Gasteiger partial charge in [-0.1, -0.05) is 41.4 Å². The lowest BCUT2D eigenvalue weighted by molar-refractivity contribution is -0.127. The summed E-state index contributed by atoms with van der Waals surface area (Å²) in [6, 6.07) is 17.4. The van der Waals surface area contributed by atoms with Crippen LogP contribution in [-0.2, 0) is 14.4 Å². The maximum absolute atomic E-state index is 12.9. The van der Waals surface area contributed by atoms with Crippen LogP contribution in [0.2, 0.25) is 5.02 Å². The zero-order chi connectivity index (χ0) is 29.5. The van der Waals surface area contributed by atoms with Crippen LogP contribution in [0.5, 0.6) is 11.5 Å². The fraction of sp³-hybridized carbons (Fsp3) is 0.200. The second kappa shape index (κ2) is 13.4. The molecule has 0 unspecified atom stereocenters. The Morgan fingerprint density at radius 3 is 2.32 bits per heavy atom. The van der Waals surface area contributed by atoms with Crippen molar-refractivity contribution in [2.45, 2.75) is 20.8 Å². The molecule has 41 heavy (non-hydrogen) atoms. The summed E-state index contributed by atoms with van der Waals surface area (Å²) in [5.74, 6) is -0.712. The van der Waals surface area contributed by atoms with E-state index in [4.69, 9.17) is 21.1 Å². The Labute approximate surface area is 246 Å². The van der Waals surface area contributed by atoms with Crippen molar-refractivity contribution < 1.29 is 28.7 Å². The fourth-order valence-electron chi connectivity index (χ4n) is 3.78. The highest BCUT2D eigenvalue weighted by Crippen LogP contribution is 2.35. The van der Waals surface area contributed by atoms with Gasteiger partial charge in [0.15, 0.2) is 18.1 Å². The SMILES string of the molecule is CCOc1cc(/C=C2\SC(=O)N(CC(=O)Nc3ccc(C)c(Cl)c3)C2=O)ccc1OCC(=O)Nc1ccc(C)cc1. The average Bonchev–Trinajstić information content (AvgIpc) is 3.19. The summed E-state index contributed by atoms with van der Waals surface area (Å²) in [5.41, 5.74) is 3.65. The fourth-order valence-corrected chi connectivity index (χ4v) is 4.80. The van der Waals surface area contributed by atoms with Crippen molar-refractivity contribution in [3.05, 3.63) is 87.3 Å². The Bertz CT molecular complexity index is 1520. The van der Waals surface area contributed by atoms with E-state index in [2.05, 4.69) is 10.6 Å². The minimum absolute atomic E-state index is 0.162. The summed E-state index contributed by atoms with van der Waals surface area (Å²) in [6.07, 6.45) is 1.54. The van der Waals surface area contributed by atoms with Crippen LogP contribution in [0.15, 0.2) is 65.6 Å². The molecule has 212 valence electrons. The van der Waals surface area contributed by atoms with Gasteiger partial charge < -0.3 is 20.1 Å². The number of rotatable bonds is 10. The van der Waals surface area contributed by atoms with Crippen molar-refractivity contribution in [3.8, 4) is 11.5 Å². The molecule has 1 saturated heterocycles. The third kappa shape index (κ3) is 7.90. The van der Waals surface area contributed by atoms with Gasteiger partial charge in [0.1, 0.15) is 6.54 Å². The average molecular weight is 594 g/mol. The van der Waals surface area contributed by atoms with Crippen LogP contribution < -0.4 is 20.1 Å². The Kier molecular flexibility index (Phi) is 9.69. The number of amides is 4. The molecule has 0 saturated carbocycles. The van der Waals surface area contributed by atoms with E-state index in [0.717, 1.165) is 27.8 Å². The molecular formula is C30H28ClN3O6S. The number of thioether (sulfide) groups is 1. The van der Waals surface area contributed by atoms with Gasteiger partial charge in [0.25, 0.3) is 17.1 Å². The molecular weight excluding hydrogens is 566 g/mol. The van der Waals surface area contributed by atoms with Gasteiger partial charge in [-0.25, -0.2) is 0 Å². The minimum atomic E-state index is -0.580. The number of nitrogens with zero attached hydrogens (tertiary/aromatic N) is 1. The van der Waals surface area contributed by atoms with Crippen molar-refractivity contribution >= 4 is 63.8 Å². The summed E-state index contributed by atoms with van der Waals surface area (Å²) in [7, 11) is 0. The number of imide groups is 1. The number of benzene rings is 3. The lowest BCUT2D eigenvalue weighted by Crippen LogP contribution is -2.36. The Morgan fingerprint density at radius 2 is 1.61 bits per heavy atom. The third-order valence-corrected chi connectivity index (χ3v) is 7.20. The van der Waals surface area contributed by atoms with E-state index in [1.165, 1.54) is 0 Å². The molecule has 11 heteroatoms. The maximum Gasteiger partial charge on any atom is 0.294 e. The second-order valence-corrected chi connectivity index (χ2v) is 10.5. The number of anilines is 2. The molecule has 4 rings (SSSR count). The van der Waals surface area contributed by atoms with Gasteiger partial charge in [-0.3, -0.25) is 24.1 Å². The van der Waals surface area contributed by atoms with E-state index in [0.29, 0.717) is 40.1 Å². The maximum atomic E-state index is 12.9. The molecule has 4 amide bonds. The summed E-state index contributed by atoms with van der Waals surface area (Å²) >= 11 is 6.84. The van der Waals surface area contributed by atoms with E-state index in [9.17, 15) is 19.2 Å². The Balaban J connectivity index is 1.40. The first kappa shape index (κ1) is 29.7. The molecule has 0 radical (unpaired) electrons. The smallest absolute Gasteiger partial charge is 0.294 e. The van der Waals surface area contributed by atoms with Gasteiger partial charge in [-0.15, -0.1) is 0 Å². The largest absolute Gasteiger partial charge is 0.490 e. The van der Waals surface area contributed by atoms with Crippen molar-refractivity contribution in [3.63, 3.8) is 0 Å². The molecule has 3 aromatic rings. The van der Waals surface area contributed by atoms with Crippen LogP contribution in [0.4, 0.5) is 16.2 Å². The van der Waals surface area contributed by atoms with Gasteiger partial charge in [0.05, 0.1) is 11.5 Å². The quantitative estimate of drug-likeness (QED) is 0.275. The predicted molar refractivity (Wildman–Crippen MR) is 160 cm³/mol. The number of carbonyl (C=O) groups excluding carboxylic acids is 4. The molecule has 0 aliphatic carbocycles. The summed E-state index contributed by atoms with van der Waals surface area (Å²) in [6.45, 7) is 5.28. The van der Waals surface area contributed by atoms with E-state index in [1.54, 1.807) is 42.5 Å². The van der Waals surface area contributed by atoms with Crippen LogP contribution in [0.25, 0.3) is 6.08 Å². The van der Waals surface area contributed by atoms with Gasteiger partial charge in [-0.2, -0.15) is 0 Å². The van der Waals surface area contributed by atoms with Crippen LogP contribution in [0.1, 0.15) is 23.6 Å². The lowest BCUT2D eigenvalue weighted by atomic mass is 10.2. The van der Waals surface area contributed by atoms with Crippen molar-refractivity contribution in [1.82, 2.24) is 4.90 Å². The third-order valence-electron chi connectivity index (χ3n) is 5.89. The van der Waals surface area contributed by atoms with Crippen molar-refractivity contribution in [1.29, 1.82) is 0 Å². The summed E-state index contributed by atoms with van der Waals surface area (Å²) in [4.78, 5) is 51.4. The van der Waals surface area contributed by atoms with Crippen LogP contribution in [-0.4, -0.2) is 47.6 Å². The van der Waals surface area contributed by atoms with Crippen molar-refractivity contribution in [2.75, 3.05) is 30.4 Å². The molecule has 1 fully saturated rings. The molecule has 3 aromatic carbocycles. The highest BCUT2D eigenvalue weighted by Gasteiger charge is 2.36. The summed E-state index contributed by atoms with van der Waals surface area (Å²) in [5, 5.41) is 5.36. The molecule has 1 aliphatic rings. The van der Waals surface area contributed by atoms with Crippen LogP contribution in [0, 0.1) is 13.8 Å². The molecule has 0 bridgehead atoms. The normalized spacial score (nSPS) is 13.9. The predicted octanol–water partition coefficient (Wildman–Crippen LogP) is 6.05. The monoisotopic (exact) mass is 593 g/mol. The van der Waals surface area contributed by atoms with Crippen molar-refractivity contribution in [2.24, 2.45) is 0 Å². The first-order chi connectivity index (χ1) is 19.6. The zero-order valence-electron chi connectivity index (χ0n) is 22.7. The summed E-state index contributed by atoms with van der Waals surface area (Å²) < 4.78 is 11.4.